The molecule has 2 atom stereocenters. The van der Waals surface area contributed by atoms with Crippen LogP contribution in [0.3, 0.4) is 0 Å². The van der Waals surface area contributed by atoms with E-state index in [9.17, 15) is 9.00 Å². The van der Waals surface area contributed by atoms with E-state index in [4.69, 9.17) is 10.00 Å². The number of amides is 1. The third-order valence-corrected chi connectivity index (χ3v) is 5.12. The minimum atomic E-state index is -1.28. The number of hydrogen-bond acceptors (Lipinski definition) is 5. The molecule has 0 aromatic carbocycles. The number of aromatic nitrogens is 1. The fourth-order valence-corrected chi connectivity index (χ4v) is 3.90. The quantitative estimate of drug-likeness (QED) is 0.838. The largest absolute Gasteiger partial charge is 0.444 e. The Morgan fingerprint density at radius 1 is 1.54 bits per heavy atom. The predicted molar refractivity (Wildman–Crippen MR) is 90.8 cm³/mol. The monoisotopic (exact) mass is 349 g/mol. The van der Waals surface area contributed by atoms with Gasteiger partial charge in [-0.15, -0.1) is 0 Å². The van der Waals surface area contributed by atoms with E-state index in [-0.39, 0.29) is 12.0 Å². The van der Waals surface area contributed by atoms with Crippen molar-refractivity contribution in [1.29, 1.82) is 5.26 Å². The number of carbonyl (C=O) groups is 1. The molecule has 1 amide bonds. The van der Waals surface area contributed by atoms with E-state index in [1.165, 1.54) is 6.20 Å². The van der Waals surface area contributed by atoms with Crippen molar-refractivity contribution in [3.8, 4) is 6.07 Å². The standard InChI is InChI=1S/C17H23N3O3S/c1-17(2,3)23-16(21)20-8-4-5-14(11-20)12-24(22)15-9-13(10-18)6-7-19-15/h6-7,9,14H,4-5,8,11-12H2,1-3H3/t14-,24+/m0/s1. The van der Waals surface area contributed by atoms with Gasteiger partial charge in [0.15, 0.2) is 0 Å². The van der Waals surface area contributed by atoms with Crippen molar-refractivity contribution in [1.82, 2.24) is 9.88 Å². The number of rotatable bonds is 3. The Hall–Kier alpha value is -1.94. The van der Waals surface area contributed by atoms with E-state index in [0.717, 1.165) is 12.8 Å². The first-order valence-corrected chi connectivity index (χ1v) is 9.33. The molecule has 1 saturated heterocycles. The number of pyridine rings is 1. The Bertz CT molecular complexity index is 664. The van der Waals surface area contributed by atoms with E-state index in [0.29, 0.717) is 29.4 Å². The molecule has 1 aliphatic heterocycles. The first-order chi connectivity index (χ1) is 11.3. The molecule has 1 aliphatic rings. The van der Waals surface area contributed by atoms with E-state index in [1.54, 1.807) is 17.0 Å². The SMILES string of the molecule is CC(C)(C)OC(=O)N1CCC[C@H](C[S@@](=O)c2cc(C#N)ccn2)C1. The zero-order valence-corrected chi connectivity index (χ0v) is 15.1. The summed E-state index contributed by atoms with van der Waals surface area (Å²) >= 11 is 0. The lowest BCUT2D eigenvalue weighted by atomic mass is 10.0. The lowest BCUT2D eigenvalue weighted by Crippen LogP contribution is -2.44. The number of hydrogen-bond donors (Lipinski definition) is 0. The van der Waals surface area contributed by atoms with Gasteiger partial charge in [0.1, 0.15) is 10.6 Å². The average molecular weight is 349 g/mol. The molecule has 7 heteroatoms. The van der Waals surface area contributed by atoms with Gasteiger partial charge in [-0.25, -0.2) is 9.78 Å². The molecule has 0 unspecified atom stereocenters. The van der Waals surface area contributed by atoms with Gasteiger partial charge in [0, 0.05) is 25.0 Å². The summed E-state index contributed by atoms with van der Waals surface area (Å²) in [6.07, 6.45) is 2.97. The third-order valence-electron chi connectivity index (χ3n) is 3.65. The topological polar surface area (TPSA) is 83.3 Å². The van der Waals surface area contributed by atoms with Crippen LogP contribution in [0.25, 0.3) is 0 Å². The molecule has 1 fully saturated rings. The Morgan fingerprint density at radius 3 is 2.96 bits per heavy atom. The van der Waals surface area contributed by atoms with Crippen LogP contribution in [0.15, 0.2) is 23.4 Å². The van der Waals surface area contributed by atoms with Crippen molar-refractivity contribution < 1.29 is 13.7 Å². The minimum absolute atomic E-state index is 0.139. The van der Waals surface area contributed by atoms with E-state index in [1.807, 2.05) is 26.8 Å². The number of likely N-dealkylation sites (tertiary alicyclic amines) is 1. The summed E-state index contributed by atoms with van der Waals surface area (Å²) in [5, 5.41) is 9.34. The molecule has 0 aliphatic carbocycles. The molecule has 0 saturated carbocycles. The van der Waals surface area contributed by atoms with Crippen molar-refractivity contribution in [2.75, 3.05) is 18.8 Å². The summed E-state index contributed by atoms with van der Waals surface area (Å²) in [7, 11) is -1.28. The molecule has 0 N–H and O–H groups in total. The van der Waals surface area contributed by atoms with E-state index in [2.05, 4.69) is 4.98 Å². The van der Waals surface area contributed by atoms with Crippen LogP contribution in [0.1, 0.15) is 39.2 Å². The molecule has 2 heterocycles. The third kappa shape index (κ3) is 5.31. The molecule has 1 aromatic rings. The summed E-state index contributed by atoms with van der Waals surface area (Å²) in [5.41, 5.74) is -0.0681. The fourth-order valence-electron chi connectivity index (χ4n) is 2.60. The van der Waals surface area contributed by atoms with Crippen LogP contribution in [-0.2, 0) is 15.5 Å². The van der Waals surface area contributed by atoms with Gasteiger partial charge in [-0.3, -0.25) is 4.21 Å². The van der Waals surface area contributed by atoms with Gasteiger partial charge >= 0.3 is 6.09 Å². The summed E-state index contributed by atoms with van der Waals surface area (Å²) in [6.45, 7) is 6.73. The molecule has 24 heavy (non-hydrogen) atoms. The van der Waals surface area contributed by atoms with Gasteiger partial charge in [0.25, 0.3) is 0 Å². The van der Waals surface area contributed by atoms with Crippen LogP contribution in [0.4, 0.5) is 4.79 Å². The van der Waals surface area contributed by atoms with Crippen LogP contribution < -0.4 is 0 Å². The second-order valence-electron chi connectivity index (χ2n) is 6.94. The van der Waals surface area contributed by atoms with Crippen LogP contribution in [-0.4, -0.2) is 44.6 Å². The van der Waals surface area contributed by atoms with Crippen molar-refractivity contribution in [3.63, 3.8) is 0 Å². The van der Waals surface area contributed by atoms with Gasteiger partial charge in [-0.05, 0) is 51.7 Å². The lowest BCUT2D eigenvalue weighted by Gasteiger charge is -2.33. The summed E-state index contributed by atoms with van der Waals surface area (Å²) in [4.78, 5) is 18.0. The van der Waals surface area contributed by atoms with Gasteiger partial charge < -0.3 is 9.64 Å². The Labute approximate surface area is 145 Å². The fraction of sp³-hybridized carbons (Fsp3) is 0.588. The second-order valence-corrected chi connectivity index (χ2v) is 8.38. The molecule has 0 spiro atoms. The molecule has 130 valence electrons. The van der Waals surface area contributed by atoms with Crippen molar-refractivity contribution in [2.24, 2.45) is 5.92 Å². The van der Waals surface area contributed by atoms with E-state index < -0.39 is 16.4 Å². The molecule has 0 radical (unpaired) electrons. The minimum Gasteiger partial charge on any atom is -0.444 e. The molecule has 0 bridgehead atoms. The number of ether oxygens (including phenoxy) is 1. The Kier molecular flexibility index (Phi) is 5.94. The number of nitriles is 1. The van der Waals surface area contributed by atoms with Crippen LogP contribution in [0.5, 0.6) is 0 Å². The maximum absolute atomic E-state index is 12.5. The molecule has 1 aromatic heterocycles. The summed E-state index contributed by atoms with van der Waals surface area (Å²) in [6, 6.07) is 5.17. The average Bonchev–Trinajstić information content (AvgIpc) is 2.53. The summed E-state index contributed by atoms with van der Waals surface area (Å²) < 4.78 is 17.9. The highest BCUT2D eigenvalue weighted by Gasteiger charge is 2.28. The zero-order valence-electron chi connectivity index (χ0n) is 14.3. The highest BCUT2D eigenvalue weighted by atomic mass is 32.2. The molecular formula is C17H23N3O3S. The van der Waals surface area contributed by atoms with Crippen molar-refractivity contribution >= 4 is 16.9 Å². The van der Waals surface area contributed by atoms with Crippen LogP contribution in [0.2, 0.25) is 0 Å². The maximum atomic E-state index is 12.5. The predicted octanol–water partition coefficient (Wildman–Crippen LogP) is 2.71. The number of carbonyl (C=O) groups excluding carboxylic acids is 1. The number of piperidine rings is 1. The highest BCUT2D eigenvalue weighted by molar-refractivity contribution is 7.84. The number of nitrogens with zero attached hydrogens (tertiary/aromatic N) is 3. The van der Waals surface area contributed by atoms with E-state index >= 15 is 0 Å². The maximum Gasteiger partial charge on any atom is 0.410 e. The Balaban J connectivity index is 1.96. The first-order valence-electron chi connectivity index (χ1n) is 8.01. The lowest BCUT2D eigenvalue weighted by molar-refractivity contribution is 0.0176. The smallest absolute Gasteiger partial charge is 0.410 e. The Morgan fingerprint density at radius 2 is 2.29 bits per heavy atom. The van der Waals surface area contributed by atoms with Gasteiger partial charge in [-0.2, -0.15) is 5.26 Å². The highest BCUT2D eigenvalue weighted by Crippen LogP contribution is 2.21. The first kappa shape index (κ1) is 18.4. The van der Waals surface area contributed by atoms with Gasteiger partial charge in [0.2, 0.25) is 0 Å². The normalized spacial score (nSPS) is 19.4. The van der Waals surface area contributed by atoms with Gasteiger partial charge in [-0.1, -0.05) is 0 Å². The molecular weight excluding hydrogens is 326 g/mol. The molecule has 6 nitrogen and oxygen atoms in total. The van der Waals surface area contributed by atoms with Crippen LogP contribution in [0, 0.1) is 17.2 Å². The van der Waals surface area contributed by atoms with Gasteiger partial charge in [0.05, 0.1) is 22.4 Å². The second kappa shape index (κ2) is 7.75. The summed E-state index contributed by atoms with van der Waals surface area (Å²) in [5.74, 6) is 0.570. The van der Waals surface area contributed by atoms with Crippen molar-refractivity contribution in [2.45, 2.75) is 44.2 Å². The zero-order chi connectivity index (χ0) is 17.7. The van der Waals surface area contributed by atoms with Crippen molar-refractivity contribution in [3.05, 3.63) is 23.9 Å². The van der Waals surface area contributed by atoms with Crippen LogP contribution >= 0.6 is 0 Å². The molecule has 2 rings (SSSR count).